The van der Waals surface area contributed by atoms with Crippen molar-refractivity contribution in [2.24, 2.45) is 7.05 Å². The number of aromatic hydroxyl groups is 1. The van der Waals surface area contributed by atoms with Crippen LogP contribution in [0.3, 0.4) is 0 Å². The molecule has 0 aliphatic rings. The van der Waals surface area contributed by atoms with Crippen molar-refractivity contribution >= 4 is 22.6 Å². The monoisotopic (exact) mass is 259 g/mol. The first-order chi connectivity index (χ1) is 8.63. The molecule has 1 aromatic carbocycles. The minimum atomic E-state index is 0.179. The quantitative estimate of drug-likeness (QED) is 0.731. The maximum atomic E-state index is 9.96. The number of benzene rings is 1. The number of hydrogen-bond donors (Lipinski definition) is 1. The summed E-state index contributed by atoms with van der Waals surface area (Å²) in [4.78, 5) is 4.42. The summed E-state index contributed by atoms with van der Waals surface area (Å²) in [7, 11) is 1.79. The Morgan fingerprint density at radius 3 is 2.67 bits per heavy atom. The Bertz CT molecular complexity index is 719. The lowest BCUT2D eigenvalue weighted by atomic mass is 10.1. The van der Waals surface area contributed by atoms with Crippen LogP contribution in [0.2, 0.25) is 5.02 Å². The maximum absolute atomic E-state index is 9.96. The topological polar surface area (TPSA) is 50.9 Å². The number of pyridine rings is 1. The van der Waals surface area contributed by atoms with Gasteiger partial charge in [-0.05, 0) is 12.1 Å². The second-order valence-electron chi connectivity index (χ2n) is 4.07. The zero-order valence-corrected chi connectivity index (χ0v) is 10.4. The molecule has 1 N–H and O–H groups in total. The summed E-state index contributed by atoms with van der Waals surface area (Å²) in [6.07, 6.45) is 1.74. The minimum absolute atomic E-state index is 0.179. The zero-order valence-electron chi connectivity index (χ0n) is 9.63. The minimum Gasteiger partial charge on any atom is -0.507 e. The van der Waals surface area contributed by atoms with Gasteiger partial charge in [0.1, 0.15) is 5.75 Å². The van der Waals surface area contributed by atoms with E-state index >= 15 is 0 Å². The Hall–Kier alpha value is -2.07. The second-order valence-corrected chi connectivity index (χ2v) is 4.51. The van der Waals surface area contributed by atoms with Gasteiger partial charge in [0.05, 0.1) is 11.1 Å². The summed E-state index contributed by atoms with van der Waals surface area (Å²) < 4.78 is 1.63. The highest BCUT2D eigenvalue weighted by Crippen LogP contribution is 2.28. The van der Waals surface area contributed by atoms with Crippen molar-refractivity contribution in [3.8, 4) is 17.0 Å². The third kappa shape index (κ3) is 1.80. The van der Waals surface area contributed by atoms with Gasteiger partial charge in [-0.2, -0.15) is 5.10 Å². The van der Waals surface area contributed by atoms with Crippen LogP contribution >= 0.6 is 11.6 Å². The molecule has 0 atom stereocenters. The Morgan fingerprint density at radius 2 is 1.94 bits per heavy atom. The Kier molecular flexibility index (Phi) is 2.45. The van der Waals surface area contributed by atoms with E-state index in [1.807, 2.05) is 12.1 Å². The molecule has 0 spiro atoms. The van der Waals surface area contributed by atoms with Gasteiger partial charge in [0, 0.05) is 29.9 Å². The van der Waals surface area contributed by atoms with Gasteiger partial charge in [-0.3, -0.25) is 4.68 Å². The highest BCUT2D eigenvalue weighted by Gasteiger charge is 2.09. The predicted octanol–water partition coefficient (Wildman–Crippen LogP) is 2.99. The van der Waals surface area contributed by atoms with Crippen LogP contribution in [0.1, 0.15) is 0 Å². The van der Waals surface area contributed by atoms with E-state index in [-0.39, 0.29) is 5.75 Å². The van der Waals surface area contributed by atoms with Crippen LogP contribution in [-0.4, -0.2) is 19.9 Å². The summed E-state index contributed by atoms with van der Waals surface area (Å²) in [6.45, 7) is 0. The third-order valence-corrected chi connectivity index (χ3v) is 2.98. The highest BCUT2D eigenvalue weighted by atomic mass is 35.5. The molecule has 3 rings (SSSR count). The normalized spacial score (nSPS) is 11.0. The van der Waals surface area contributed by atoms with Crippen molar-refractivity contribution in [2.75, 3.05) is 0 Å². The fourth-order valence-electron chi connectivity index (χ4n) is 1.86. The number of rotatable bonds is 1. The molecule has 90 valence electrons. The van der Waals surface area contributed by atoms with E-state index in [4.69, 9.17) is 11.6 Å². The lowest BCUT2D eigenvalue weighted by molar-refractivity contribution is 0.481. The lowest BCUT2D eigenvalue weighted by Gasteiger charge is -2.02. The molecule has 0 aliphatic carbocycles. The number of fused-ring (bicyclic) bond motifs is 1. The number of halogens is 1. The molecule has 0 fully saturated rings. The summed E-state index contributed by atoms with van der Waals surface area (Å²) >= 11 is 5.84. The number of hydrogen-bond acceptors (Lipinski definition) is 3. The third-order valence-electron chi connectivity index (χ3n) is 2.73. The number of aromatic nitrogens is 3. The van der Waals surface area contributed by atoms with E-state index in [0.29, 0.717) is 21.7 Å². The number of nitrogens with zero attached hydrogens (tertiary/aromatic N) is 3. The van der Waals surface area contributed by atoms with Crippen molar-refractivity contribution in [1.82, 2.24) is 14.8 Å². The van der Waals surface area contributed by atoms with Crippen molar-refractivity contribution in [2.45, 2.75) is 0 Å². The summed E-state index contributed by atoms with van der Waals surface area (Å²) in [6, 6.07) is 8.93. The van der Waals surface area contributed by atoms with Gasteiger partial charge in [-0.25, -0.2) is 4.98 Å². The molecular formula is C13H10ClN3O. The molecule has 2 aromatic heterocycles. The molecule has 18 heavy (non-hydrogen) atoms. The smallest absolute Gasteiger partial charge is 0.185 e. The fraction of sp³-hybridized carbons (Fsp3) is 0.0769. The van der Waals surface area contributed by atoms with Gasteiger partial charge in [0.15, 0.2) is 5.65 Å². The van der Waals surface area contributed by atoms with Crippen LogP contribution in [0.15, 0.2) is 36.5 Å². The lowest BCUT2D eigenvalue weighted by Crippen LogP contribution is -1.88. The van der Waals surface area contributed by atoms with Gasteiger partial charge < -0.3 is 5.11 Å². The van der Waals surface area contributed by atoms with E-state index in [0.717, 1.165) is 5.56 Å². The van der Waals surface area contributed by atoms with E-state index in [1.54, 1.807) is 36.1 Å². The average molecular weight is 260 g/mol. The molecule has 0 aliphatic heterocycles. The van der Waals surface area contributed by atoms with Crippen LogP contribution in [0.4, 0.5) is 0 Å². The first-order valence-corrected chi connectivity index (χ1v) is 5.80. The summed E-state index contributed by atoms with van der Waals surface area (Å²) in [5, 5.41) is 15.5. The van der Waals surface area contributed by atoms with Crippen LogP contribution < -0.4 is 0 Å². The van der Waals surface area contributed by atoms with Crippen molar-refractivity contribution in [3.63, 3.8) is 0 Å². The molecule has 0 saturated heterocycles. The first kappa shape index (κ1) is 11.0. The molecule has 3 aromatic rings. The molecule has 0 unspecified atom stereocenters. The Labute approximate surface area is 108 Å². The van der Waals surface area contributed by atoms with E-state index < -0.39 is 0 Å². The fourth-order valence-corrected chi connectivity index (χ4v) is 1.99. The molecule has 0 amide bonds. The van der Waals surface area contributed by atoms with Crippen LogP contribution in [0.25, 0.3) is 22.3 Å². The maximum Gasteiger partial charge on any atom is 0.185 e. The molecule has 5 heteroatoms. The molecule has 4 nitrogen and oxygen atoms in total. The van der Waals surface area contributed by atoms with Gasteiger partial charge in [-0.15, -0.1) is 0 Å². The predicted molar refractivity (Wildman–Crippen MR) is 70.6 cm³/mol. The van der Waals surface area contributed by atoms with Crippen LogP contribution in [-0.2, 0) is 7.05 Å². The van der Waals surface area contributed by atoms with Crippen LogP contribution in [0, 0.1) is 0 Å². The van der Waals surface area contributed by atoms with Crippen LogP contribution in [0.5, 0.6) is 5.75 Å². The largest absolute Gasteiger partial charge is 0.507 e. The Morgan fingerprint density at radius 1 is 1.22 bits per heavy atom. The second kappa shape index (κ2) is 3.99. The van der Waals surface area contributed by atoms with E-state index in [9.17, 15) is 5.11 Å². The molecule has 0 saturated carbocycles. The molecule has 0 radical (unpaired) electrons. The standard InChI is InChI=1S/C13H10ClN3O/c1-17-7-10-12(18)6-11(15-13(10)16-17)8-2-4-9(14)5-3-8/h2-7,18H,1H3. The molecule has 2 heterocycles. The average Bonchev–Trinajstić information content (AvgIpc) is 2.71. The van der Waals surface area contributed by atoms with Crippen molar-refractivity contribution < 1.29 is 5.11 Å². The SMILES string of the molecule is Cn1cc2c(O)cc(-c3ccc(Cl)cc3)nc2n1. The van der Waals surface area contributed by atoms with Gasteiger partial charge in [-0.1, -0.05) is 23.7 Å². The summed E-state index contributed by atoms with van der Waals surface area (Å²) in [5.41, 5.74) is 2.10. The van der Waals surface area contributed by atoms with Crippen molar-refractivity contribution in [1.29, 1.82) is 0 Å². The van der Waals surface area contributed by atoms with E-state index in [2.05, 4.69) is 10.1 Å². The Balaban J connectivity index is 2.20. The van der Waals surface area contributed by atoms with Gasteiger partial charge in [0.2, 0.25) is 0 Å². The van der Waals surface area contributed by atoms with E-state index in [1.165, 1.54) is 0 Å². The molecular weight excluding hydrogens is 250 g/mol. The first-order valence-electron chi connectivity index (χ1n) is 5.43. The number of aryl methyl sites for hydroxylation is 1. The molecule has 0 bridgehead atoms. The van der Waals surface area contributed by atoms with Gasteiger partial charge in [0.25, 0.3) is 0 Å². The summed E-state index contributed by atoms with van der Waals surface area (Å²) in [5.74, 6) is 0.179. The van der Waals surface area contributed by atoms with Gasteiger partial charge >= 0.3 is 0 Å². The van der Waals surface area contributed by atoms with Crippen molar-refractivity contribution in [3.05, 3.63) is 41.6 Å². The highest BCUT2D eigenvalue weighted by molar-refractivity contribution is 6.30. The zero-order chi connectivity index (χ0) is 12.7.